The Morgan fingerprint density at radius 3 is 2.48 bits per heavy atom. The third-order valence-electron chi connectivity index (χ3n) is 4.17. The first kappa shape index (κ1) is 19.0. The number of nitrogens with zero attached hydrogens (tertiary/aromatic N) is 6. The van der Waals surface area contributed by atoms with Crippen LogP contribution in [0.15, 0.2) is 18.5 Å². The van der Waals surface area contributed by atoms with Crippen LogP contribution in [0.5, 0.6) is 0 Å². The summed E-state index contributed by atoms with van der Waals surface area (Å²) >= 11 is 0. The highest BCUT2D eigenvalue weighted by Crippen LogP contribution is 2.27. The molecule has 2 aromatic heterocycles. The van der Waals surface area contributed by atoms with Crippen molar-refractivity contribution in [2.24, 2.45) is 0 Å². The lowest BCUT2D eigenvalue weighted by molar-refractivity contribution is -0.141. The van der Waals surface area contributed by atoms with Gasteiger partial charge in [0, 0.05) is 38.6 Å². The van der Waals surface area contributed by atoms with Crippen molar-refractivity contribution in [3.8, 4) is 0 Å². The van der Waals surface area contributed by atoms with Gasteiger partial charge in [0.1, 0.15) is 5.69 Å². The Labute approximate surface area is 153 Å². The largest absolute Gasteiger partial charge is 0.433 e. The molecule has 0 radical (unpaired) electrons. The summed E-state index contributed by atoms with van der Waals surface area (Å²) in [5.41, 5.74) is -0.566. The first-order chi connectivity index (χ1) is 12.7. The van der Waals surface area contributed by atoms with Crippen LogP contribution in [-0.4, -0.2) is 64.0 Å². The molecule has 0 bridgehead atoms. The summed E-state index contributed by atoms with van der Waals surface area (Å²) in [4.78, 5) is 32.1. The van der Waals surface area contributed by atoms with E-state index in [9.17, 15) is 18.0 Å². The van der Waals surface area contributed by atoms with E-state index < -0.39 is 23.7 Å². The Kier molecular flexibility index (Phi) is 5.22. The molecule has 0 aliphatic carbocycles. The molecule has 144 valence electrons. The van der Waals surface area contributed by atoms with Gasteiger partial charge in [-0.1, -0.05) is 0 Å². The molecule has 8 nitrogen and oxygen atoms in total. The maximum atomic E-state index is 12.7. The summed E-state index contributed by atoms with van der Waals surface area (Å²) < 4.78 is 38.1. The number of rotatable bonds is 3. The van der Waals surface area contributed by atoms with Gasteiger partial charge in [-0.05, 0) is 20.0 Å². The number of alkyl halides is 3. The molecule has 2 aromatic rings. The molecule has 1 aliphatic heterocycles. The maximum absolute atomic E-state index is 12.7. The molecule has 0 aromatic carbocycles. The predicted molar refractivity (Wildman–Crippen MR) is 91.5 cm³/mol. The van der Waals surface area contributed by atoms with E-state index in [0.29, 0.717) is 11.6 Å². The highest BCUT2D eigenvalue weighted by atomic mass is 19.4. The lowest BCUT2D eigenvalue weighted by Gasteiger charge is -2.32. The highest BCUT2D eigenvalue weighted by Gasteiger charge is 2.33. The van der Waals surface area contributed by atoms with Crippen LogP contribution < -0.4 is 10.2 Å². The summed E-state index contributed by atoms with van der Waals surface area (Å²) in [6.45, 7) is 4.97. The Hall–Kier alpha value is -2.82. The van der Waals surface area contributed by atoms with Gasteiger partial charge in [0.2, 0.25) is 11.9 Å². The van der Waals surface area contributed by atoms with E-state index in [1.165, 1.54) is 6.20 Å². The van der Waals surface area contributed by atoms with Crippen molar-refractivity contribution < 1.29 is 18.0 Å². The van der Waals surface area contributed by atoms with Crippen LogP contribution in [-0.2, 0) is 6.18 Å². The fraction of sp³-hybridized carbons (Fsp3) is 0.438. The number of carbonyl (C=O) groups excluding carboxylic acids is 1. The van der Waals surface area contributed by atoms with E-state index in [2.05, 4.69) is 30.2 Å². The van der Waals surface area contributed by atoms with E-state index in [1.54, 1.807) is 6.92 Å². The van der Waals surface area contributed by atoms with Gasteiger partial charge in [-0.2, -0.15) is 13.2 Å². The van der Waals surface area contributed by atoms with Crippen molar-refractivity contribution in [2.45, 2.75) is 13.1 Å². The van der Waals surface area contributed by atoms with E-state index in [0.717, 1.165) is 38.4 Å². The van der Waals surface area contributed by atoms with E-state index >= 15 is 0 Å². The second-order valence-electron chi connectivity index (χ2n) is 6.18. The predicted octanol–water partition coefficient (Wildman–Crippen LogP) is 1.60. The summed E-state index contributed by atoms with van der Waals surface area (Å²) in [5, 5.41) is 2.25. The smallest absolute Gasteiger partial charge is 0.338 e. The molecule has 1 N–H and O–H groups in total. The second-order valence-corrected chi connectivity index (χ2v) is 6.18. The SMILES string of the molecule is Cc1nc(N2CCN(C)CC2)ncc1C(=O)Nc1nccc(C(F)(F)F)n1. The van der Waals surface area contributed by atoms with Gasteiger partial charge < -0.3 is 9.80 Å². The molecule has 0 spiro atoms. The second kappa shape index (κ2) is 7.43. The number of aryl methyl sites for hydroxylation is 1. The third kappa shape index (κ3) is 4.48. The van der Waals surface area contributed by atoms with Crippen molar-refractivity contribution in [3.05, 3.63) is 35.4 Å². The molecule has 0 atom stereocenters. The summed E-state index contributed by atoms with van der Waals surface area (Å²) in [6, 6.07) is 0.731. The number of nitrogens with one attached hydrogen (secondary N) is 1. The number of hydrogen-bond donors (Lipinski definition) is 1. The minimum absolute atomic E-state index is 0.147. The fourth-order valence-electron chi connectivity index (χ4n) is 2.58. The number of likely N-dealkylation sites (N-methyl/N-ethyl adjacent to an activating group) is 1. The average molecular weight is 381 g/mol. The molecule has 3 rings (SSSR count). The monoisotopic (exact) mass is 381 g/mol. The summed E-state index contributed by atoms with van der Waals surface area (Å²) in [5.74, 6) is -0.582. The summed E-state index contributed by atoms with van der Waals surface area (Å²) in [6.07, 6.45) is -2.32. The van der Waals surface area contributed by atoms with E-state index in [4.69, 9.17) is 0 Å². The number of hydrogen-bond acceptors (Lipinski definition) is 7. The Morgan fingerprint density at radius 2 is 1.85 bits per heavy atom. The van der Waals surface area contributed by atoms with Crippen LogP contribution in [0.1, 0.15) is 21.7 Å². The molecule has 27 heavy (non-hydrogen) atoms. The quantitative estimate of drug-likeness (QED) is 0.864. The van der Waals surface area contributed by atoms with Gasteiger partial charge in [0.05, 0.1) is 11.3 Å². The zero-order valence-corrected chi connectivity index (χ0v) is 14.8. The Morgan fingerprint density at radius 1 is 1.15 bits per heavy atom. The molecular formula is C16H18F3N7O. The molecule has 1 saturated heterocycles. The lowest BCUT2D eigenvalue weighted by atomic mass is 10.2. The first-order valence-electron chi connectivity index (χ1n) is 8.23. The van der Waals surface area contributed by atoms with Gasteiger partial charge in [-0.3, -0.25) is 10.1 Å². The standard InChI is InChI=1S/C16H18F3N7O/c1-10-11(9-21-15(22-10)26-7-5-25(2)6-8-26)13(27)24-14-20-4-3-12(23-14)16(17,18)19/h3-4,9H,5-8H2,1-2H3,(H,20,23,24,27). The van der Waals surface area contributed by atoms with Gasteiger partial charge in [0.25, 0.3) is 5.91 Å². The molecule has 1 fully saturated rings. The number of carbonyl (C=O) groups is 1. The average Bonchev–Trinajstić information content (AvgIpc) is 2.61. The van der Waals surface area contributed by atoms with Crippen LogP contribution in [0.2, 0.25) is 0 Å². The van der Waals surface area contributed by atoms with Gasteiger partial charge in [-0.15, -0.1) is 0 Å². The van der Waals surface area contributed by atoms with Crippen LogP contribution in [0, 0.1) is 6.92 Å². The first-order valence-corrected chi connectivity index (χ1v) is 8.23. The minimum atomic E-state index is -4.62. The molecular weight excluding hydrogens is 363 g/mol. The van der Waals surface area contributed by atoms with Crippen LogP contribution in [0.25, 0.3) is 0 Å². The van der Waals surface area contributed by atoms with Crippen LogP contribution in [0.3, 0.4) is 0 Å². The fourth-order valence-corrected chi connectivity index (χ4v) is 2.58. The van der Waals surface area contributed by atoms with E-state index in [1.807, 2.05) is 11.9 Å². The minimum Gasteiger partial charge on any atom is -0.338 e. The van der Waals surface area contributed by atoms with Crippen molar-refractivity contribution >= 4 is 17.8 Å². The van der Waals surface area contributed by atoms with E-state index in [-0.39, 0.29) is 5.56 Å². The number of amides is 1. The zero-order valence-electron chi connectivity index (χ0n) is 14.8. The topological polar surface area (TPSA) is 87.1 Å². The van der Waals surface area contributed by atoms with Crippen molar-refractivity contribution in [2.75, 3.05) is 43.4 Å². The van der Waals surface area contributed by atoms with Crippen molar-refractivity contribution in [1.82, 2.24) is 24.8 Å². The van der Waals surface area contributed by atoms with Crippen molar-refractivity contribution in [1.29, 1.82) is 0 Å². The number of halogens is 3. The molecule has 11 heteroatoms. The molecule has 1 aliphatic rings. The lowest BCUT2D eigenvalue weighted by Crippen LogP contribution is -2.45. The third-order valence-corrected chi connectivity index (χ3v) is 4.17. The van der Waals surface area contributed by atoms with Gasteiger partial charge in [-0.25, -0.2) is 19.9 Å². The molecule has 0 saturated carbocycles. The summed E-state index contributed by atoms with van der Waals surface area (Å²) in [7, 11) is 2.03. The maximum Gasteiger partial charge on any atom is 0.433 e. The zero-order chi connectivity index (χ0) is 19.6. The van der Waals surface area contributed by atoms with Crippen LogP contribution >= 0.6 is 0 Å². The molecule has 0 unspecified atom stereocenters. The van der Waals surface area contributed by atoms with Gasteiger partial charge >= 0.3 is 6.18 Å². The van der Waals surface area contributed by atoms with Gasteiger partial charge in [0.15, 0.2) is 0 Å². The Bertz CT molecular complexity index is 835. The number of aromatic nitrogens is 4. The number of piperazine rings is 1. The Balaban J connectivity index is 1.74. The van der Waals surface area contributed by atoms with Crippen LogP contribution in [0.4, 0.5) is 25.1 Å². The number of anilines is 2. The highest BCUT2D eigenvalue weighted by molar-refractivity contribution is 6.03. The molecule has 3 heterocycles. The molecule has 1 amide bonds. The normalized spacial score (nSPS) is 15.7. The van der Waals surface area contributed by atoms with Crippen molar-refractivity contribution in [3.63, 3.8) is 0 Å².